The standard InChI is InChI=1S/C8H17NO2S/c1-6(12-2)3-7(5-9)4-8(10)11/h6-7H,3-5,9H2,1-2H3,(H,10,11)/t6-,7-/m0/s1. The lowest BCUT2D eigenvalue weighted by Crippen LogP contribution is -2.21. The van der Waals surface area contributed by atoms with E-state index in [-0.39, 0.29) is 12.3 Å². The second-order valence-corrected chi connectivity index (χ2v) is 4.26. The fourth-order valence-corrected chi connectivity index (χ4v) is 1.54. The highest BCUT2D eigenvalue weighted by molar-refractivity contribution is 7.99. The zero-order valence-corrected chi connectivity index (χ0v) is 8.43. The summed E-state index contributed by atoms with van der Waals surface area (Å²) < 4.78 is 0. The maximum Gasteiger partial charge on any atom is 0.303 e. The molecule has 0 radical (unpaired) electrons. The van der Waals surface area contributed by atoms with Crippen LogP contribution in [0.2, 0.25) is 0 Å². The van der Waals surface area contributed by atoms with Crippen LogP contribution in [0.5, 0.6) is 0 Å². The average molecular weight is 191 g/mol. The second kappa shape index (κ2) is 6.31. The van der Waals surface area contributed by atoms with Gasteiger partial charge in [0, 0.05) is 11.7 Å². The second-order valence-electron chi connectivity index (χ2n) is 2.98. The van der Waals surface area contributed by atoms with Crippen LogP contribution < -0.4 is 5.73 Å². The Morgan fingerprint density at radius 3 is 2.58 bits per heavy atom. The van der Waals surface area contributed by atoms with E-state index in [1.807, 2.05) is 6.26 Å². The van der Waals surface area contributed by atoms with Crippen LogP contribution in [-0.4, -0.2) is 29.1 Å². The Kier molecular flexibility index (Phi) is 6.20. The lowest BCUT2D eigenvalue weighted by atomic mass is 10.0. The largest absolute Gasteiger partial charge is 0.481 e. The van der Waals surface area contributed by atoms with E-state index in [1.165, 1.54) is 0 Å². The van der Waals surface area contributed by atoms with Crippen molar-refractivity contribution in [3.05, 3.63) is 0 Å². The maximum atomic E-state index is 10.4. The Bertz CT molecular complexity index is 141. The van der Waals surface area contributed by atoms with Gasteiger partial charge < -0.3 is 10.8 Å². The van der Waals surface area contributed by atoms with Crippen molar-refractivity contribution in [1.82, 2.24) is 0 Å². The molecule has 0 amide bonds. The third kappa shape index (κ3) is 5.43. The van der Waals surface area contributed by atoms with E-state index in [1.54, 1.807) is 11.8 Å². The van der Waals surface area contributed by atoms with Crippen molar-refractivity contribution in [3.8, 4) is 0 Å². The van der Waals surface area contributed by atoms with Gasteiger partial charge >= 0.3 is 5.97 Å². The zero-order chi connectivity index (χ0) is 9.56. The van der Waals surface area contributed by atoms with Crippen LogP contribution in [0.1, 0.15) is 19.8 Å². The van der Waals surface area contributed by atoms with Crippen LogP contribution >= 0.6 is 11.8 Å². The van der Waals surface area contributed by atoms with Gasteiger partial charge in [-0.1, -0.05) is 6.92 Å². The third-order valence-corrected chi connectivity index (χ3v) is 2.86. The highest BCUT2D eigenvalue weighted by Gasteiger charge is 2.14. The normalized spacial score (nSPS) is 15.6. The number of carbonyl (C=O) groups is 1. The summed E-state index contributed by atoms with van der Waals surface area (Å²) in [6.07, 6.45) is 3.12. The molecule has 72 valence electrons. The Labute approximate surface area is 77.7 Å². The van der Waals surface area contributed by atoms with Gasteiger partial charge in [-0.25, -0.2) is 0 Å². The third-order valence-electron chi connectivity index (χ3n) is 1.86. The van der Waals surface area contributed by atoms with E-state index in [9.17, 15) is 4.79 Å². The molecule has 0 bridgehead atoms. The quantitative estimate of drug-likeness (QED) is 0.661. The monoisotopic (exact) mass is 191 g/mol. The highest BCUT2D eigenvalue weighted by Crippen LogP contribution is 2.17. The number of carboxylic acids is 1. The smallest absolute Gasteiger partial charge is 0.303 e. The number of thioether (sulfide) groups is 1. The lowest BCUT2D eigenvalue weighted by molar-refractivity contribution is -0.138. The molecular formula is C8H17NO2S. The Balaban J connectivity index is 3.74. The minimum atomic E-state index is -0.751. The van der Waals surface area contributed by atoms with Gasteiger partial charge in [0.1, 0.15) is 0 Å². The molecule has 3 N–H and O–H groups in total. The van der Waals surface area contributed by atoms with Crippen LogP contribution in [0.4, 0.5) is 0 Å². The molecule has 0 saturated heterocycles. The number of hydrogen-bond donors (Lipinski definition) is 2. The molecule has 0 aliphatic rings. The molecule has 4 heteroatoms. The van der Waals surface area contributed by atoms with E-state index in [4.69, 9.17) is 10.8 Å². The summed E-state index contributed by atoms with van der Waals surface area (Å²) in [4.78, 5) is 10.4. The first-order valence-electron chi connectivity index (χ1n) is 4.04. The van der Waals surface area contributed by atoms with Gasteiger partial charge in [0.2, 0.25) is 0 Å². The summed E-state index contributed by atoms with van der Waals surface area (Å²) >= 11 is 1.75. The topological polar surface area (TPSA) is 63.3 Å². The molecule has 0 rings (SSSR count). The number of carboxylic acid groups (broad SMARTS) is 1. The van der Waals surface area contributed by atoms with Crippen molar-refractivity contribution < 1.29 is 9.90 Å². The van der Waals surface area contributed by atoms with Crippen molar-refractivity contribution in [3.63, 3.8) is 0 Å². The summed E-state index contributed by atoms with van der Waals surface area (Å²) in [5.74, 6) is -0.622. The van der Waals surface area contributed by atoms with Crippen LogP contribution in [0, 0.1) is 5.92 Å². The molecule has 0 aliphatic heterocycles. The first-order valence-corrected chi connectivity index (χ1v) is 5.33. The van der Waals surface area contributed by atoms with Crippen molar-refractivity contribution in [2.24, 2.45) is 11.7 Å². The summed E-state index contributed by atoms with van der Waals surface area (Å²) in [7, 11) is 0. The molecule has 0 aromatic carbocycles. The molecule has 0 aromatic rings. The van der Waals surface area contributed by atoms with E-state index >= 15 is 0 Å². The van der Waals surface area contributed by atoms with Crippen molar-refractivity contribution in [2.75, 3.05) is 12.8 Å². The number of hydrogen-bond acceptors (Lipinski definition) is 3. The molecule has 12 heavy (non-hydrogen) atoms. The minimum Gasteiger partial charge on any atom is -0.481 e. The first kappa shape index (κ1) is 11.8. The van der Waals surface area contributed by atoms with Crippen molar-refractivity contribution in [1.29, 1.82) is 0 Å². The minimum absolute atomic E-state index is 0.130. The van der Waals surface area contributed by atoms with E-state index in [0.29, 0.717) is 11.8 Å². The van der Waals surface area contributed by atoms with Gasteiger partial charge in [-0.2, -0.15) is 11.8 Å². The van der Waals surface area contributed by atoms with Gasteiger partial charge in [0.25, 0.3) is 0 Å². The molecule has 0 heterocycles. The van der Waals surface area contributed by atoms with E-state index in [2.05, 4.69) is 6.92 Å². The van der Waals surface area contributed by atoms with Gasteiger partial charge in [0.15, 0.2) is 0 Å². The van der Waals surface area contributed by atoms with E-state index < -0.39 is 5.97 Å². The Morgan fingerprint density at radius 2 is 2.25 bits per heavy atom. The van der Waals surface area contributed by atoms with Gasteiger partial charge in [0.05, 0.1) is 0 Å². The van der Waals surface area contributed by atoms with Gasteiger partial charge in [-0.15, -0.1) is 0 Å². The molecule has 3 nitrogen and oxygen atoms in total. The Hall–Kier alpha value is -0.220. The molecule has 0 saturated carbocycles. The predicted molar refractivity (Wildman–Crippen MR) is 52.4 cm³/mol. The zero-order valence-electron chi connectivity index (χ0n) is 7.62. The molecule has 0 spiro atoms. The molecule has 0 fully saturated rings. The molecule has 0 unspecified atom stereocenters. The van der Waals surface area contributed by atoms with Gasteiger partial charge in [-0.05, 0) is 25.1 Å². The highest BCUT2D eigenvalue weighted by atomic mass is 32.2. The molecule has 0 aliphatic carbocycles. The number of nitrogens with two attached hydrogens (primary N) is 1. The SMILES string of the molecule is CS[C@@H](C)C[C@H](CN)CC(=O)O. The molecule has 0 aromatic heterocycles. The molecule has 2 atom stereocenters. The van der Waals surface area contributed by atoms with Crippen LogP contribution in [-0.2, 0) is 4.79 Å². The summed E-state index contributed by atoms with van der Waals surface area (Å²) in [6, 6.07) is 0. The predicted octanol–water partition coefficient (Wildman–Crippen LogP) is 1.18. The average Bonchev–Trinajstić information content (AvgIpc) is 2.02. The van der Waals surface area contributed by atoms with Gasteiger partial charge in [-0.3, -0.25) is 4.79 Å². The summed E-state index contributed by atoms with van der Waals surface area (Å²) in [5.41, 5.74) is 5.45. The maximum absolute atomic E-state index is 10.4. The van der Waals surface area contributed by atoms with Crippen LogP contribution in [0.25, 0.3) is 0 Å². The van der Waals surface area contributed by atoms with Crippen molar-refractivity contribution in [2.45, 2.75) is 25.0 Å². The van der Waals surface area contributed by atoms with E-state index in [0.717, 1.165) is 6.42 Å². The fraction of sp³-hybridized carbons (Fsp3) is 0.875. The van der Waals surface area contributed by atoms with Crippen LogP contribution in [0.15, 0.2) is 0 Å². The lowest BCUT2D eigenvalue weighted by Gasteiger charge is -2.15. The first-order chi connectivity index (χ1) is 5.60. The summed E-state index contributed by atoms with van der Waals surface area (Å²) in [5, 5.41) is 9.04. The number of rotatable bonds is 6. The van der Waals surface area contributed by atoms with Crippen molar-refractivity contribution >= 4 is 17.7 Å². The summed E-state index contributed by atoms with van der Waals surface area (Å²) in [6.45, 7) is 2.56. The van der Waals surface area contributed by atoms with Crippen LogP contribution in [0.3, 0.4) is 0 Å². The number of aliphatic carboxylic acids is 1. The molecular weight excluding hydrogens is 174 g/mol. The Morgan fingerprint density at radius 1 is 1.67 bits per heavy atom. The fourth-order valence-electron chi connectivity index (χ4n) is 1.08.